The monoisotopic (exact) mass is 534 g/mol. The summed E-state index contributed by atoms with van der Waals surface area (Å²) in [7, 11) is 0. The van der Waals surface area contributed by atoms with Crippen molar-refractivity contribution in [3.8, 4) is 21.8 Å². The van der Waals surface area contributed by atoms with Crippen molar-refractivity contribution >= 4 is 23.4 Å². The van der Waals surface area contributed by atoms with Gasteiger partial charge in [-0.05, 0) is 49.6 Å². The average Bonchev–Trinajstić information content (AvgIpc) is 3.61. The Kier molecular flexibility index (Phi) is 7.78. The molecule has 1 N–H and O–H groups in total. The van der Waals surface area contributed by atoms with Crippen LogP contribution in [0.4, 0.5) is 9.18 Å². The van der Waals surface area contributed by atoms with Gasteiger partial charge in [0.1, 0.15) is 23.1 Å². The summed E-state index contributed by atoms with van der Waals surface area (Å²) in [5.74, 6) is -0.734. The van der Waals surface area contributed by atoms with Gasteiger partial charge in [-0.3, -0.25) is 5.10 Å². The van der Waals surface area contributed by atoms with E-state index in [0.29, 0.717) is 36.6 Å². The van der Waals surface area contributed by atoms with E-state index in [1.807, 2.05) is 30.3 Å². The van der Waals surface area contributed by atoms with Crippen LogP contribution in [0, 0.1) is 5.82 Å². The number of aromatic amines is 1. The van der Waals surface area contributed by atoms with Gasteiger partial charge in [0, 0.05) is 35.6 Å². The minimum atomic E-state index is -0.481. The van der Waals surface area contributed by atoms with E-state index in [1.54, 1.807) is 29.3 Å². The molecule has 1 aliphatic heterocycles. The maximum Gasteiger partial charge on any atom is 0.410 e. The lowest BCUT2D eigenvalue weighted by Crippen LogP contribution is -2.38. The Morgan fingerprint density at radius 3 is 2.53 bits per heavy atom. The van der Waals surface area contributed by atoms with E-state index in [9.17, 15) is 14.0 Å². The summed E-state index contributed by atoms with van der Waals surface area (Å²) in [5, 5.41) is 10.1. The molecule has 3 heterocycles. The third-order valence-electron chi connectivity index (χ3n) is 6.48. The van der Waals surface area contributed by atoms with Gasteiger partial charge in [-0.15, -0.1) is 11.3 Å². The predicted molar refractivity (Wildman–Crippen MR) is 141 cm³/mol. The number of aromatic nitrogens is 3. The van der Waals surface area contributed by atoms with Gasteiger partial charge in [0.25, 0.3) is 0 Å². The Labute approximate surface area is 223 Å². The molecule has 1 saturated heterocycles. The third kappa shape index (κ3) is 5.60. The van der Waals surface area contributed by atoms with Crippen molar-refractivity contribution in [2.75, 3.05) is 19.7 Å². The molecule has 1 fully saturated rings. The molecule has 1 amide bonds. The van der Waals surface area contributed by atoms with Crippen LogP contribution in [0.2, 0.25) is 0 Å². The Hall–Kier alpha value is -4.05. The van der Waals surface area contributed by atoms with Gasteiger partial charge in [-0.2, -0.15) is 5.10 Å². The molecule has 0 aliphatic carbocycles. The fourth-order valence-electron chi connectivity index (χ4n) is 4.53. The van der Waals surface area contributed by atoms with E-state index in [4.69, 9.17) is 9.47 Å². The van der Waals surface area contributed by atoms with E-state index in [2.05, 4.69) is 15.2 Å². The van der Waals surface area contributed by atoms with Gasteiger partial charge in [0.2, 0.25) is 0 Å². The maximum absolute atomic E-state index is 13.6. The number of hydrogen-bond acceptors (Lipinski definition) is 7. The first kappa shape index (κ1) is 25.6. The SMILES string of the molecule is CCOC(=O)c1csc(-c2c(-c3ccc(F)cc3)n[nH]c2C2CCN(C(=O)OCc3ccccc3)CC2)n1. The van der Waals surface area contributed by atoms with Crippen LogP contribution in [-0.2, 0) is 16.1 Å². The zero-order valence-corrected chi connectivity index (χ0v) is 21.7. The first-order valence-corrected chi connectivity index (χ1v) is 13.3. The average molecular weight is 535 g/mol. The highest BCUT2D eigenvalue weighted by Crippen LogP contribution is 2.41. The summed E-state index contributed by atoms with van der Waals surface area (Å²) in [6.07, 6.45) is 1.08. The molecule has 196 valence electrons. The second kappa shape index (κ2) is 11.6. The molecule has 0 spiro atoms. The number of halogens is 1. The third-order valence-corrected chi connectivity index (χ3v) is 7.34. The number of H-pyrrole nitrogens is 1. The lowest BCUT2D eigenvalue weighted by molar-refractivity contribution is 0.0520. The zero-order valence-electron chi connectivity index (χ0n) is 20.9. The fraction of sp³-hybridized carbons (Fsp3) is 0.286. The number of benzene rings is 2. The zero-order chi connectivity index (χ0) is 26.5. The normalized spacial score (nSPS) is 13.9. The first-order valence-electron chi connectivity index (χ1n) is 12.5. The van der Waals surface area contributed by atoms with Crippen LogP contribution >= 0.6 is 11.3 Å². The second-order valence-corrected chi connectivity index (χ2v) is 9.79. The summed E-state index contributed by atoms with van der Waals surface area (Å²) in [5.41, 5.74) is 4.21. The molecule has 2 aromatic carbocycles. The number of thiazole rings is 1. The van der Waals surface area contributed by atoms with Gasteiger partial charge in [-0.25, -0.2) is 19.0 Å². The van der Waals surface area contributed by atoms with Gasteiger partial charge in [0.05, 0.1) is 12.2 Å². The molecule has 1 aliphatic rings. The Bertz CT molecular complexity index is 1400. The first-order chi connectivity index (χ1) is 18.5. The predicted octanol–water partition coefficient (Wildman–Crippen LogP) is 6.03. The van der Waals surface area contributed by atoms with Crippen molar-refractivity contribution in [3.63, 3.8) is 0 Å². The van der Waals surface area contributed by atoms with Gasteiger partial charge < -0.3 is 14.4 Å². The lowest BCUT2D eigenvalue weighted by Gasteiger charge is -2.31. The minimum Gasteiger partial charge on any atom is -0.461 e. The van der Waals surface area contributed by atoms with E-state index >= 15 is 0 Å². The highest BCUT2D eigenvalue weighted by Gasteiger charge is 2.30. The highest BCUT2D eigenvalue weighted by atomic mass is 32.1. The summed E-state index contributed by atoms with van der Waals surface area (Å²) in [6, 6.07) is 15.7. The van der Waals surface area contributed by atoms with Gasteiger partial charge in [-0.1, -0.05) is 30.3 Å². The molecular formula is C28H27FN4O4S. The number of esters is 1. The Balaban J connectivity index is 1.36. The second-order valence-electron chi connectivity index (χ2n) is 8.93. The quantitative estimate of drug-likeness (QED) is 0.291. The summed E-state index contributed by atoms with van der Waals surface area (Å²) in [4.78, 5) is 31.2. The number of hydrogen-bond donors (Lipinski definition) is 1. The summed E-state index contributed by atoms with van der Waals surface area (Å²) < 4.78 is 24.2. The van der Waals surface area contributed by atoms with Crippen molar-refractivity contribution in [2.24, 2.45) is 0 Å². The Morgan fingerprint density at radius 1 is 1.08 bits per heavy atom. The number of carbonyl (C=O) groups is 2. The molecule has 0 bridgehead atoms. The largest absolute Gasteiger partial charge is 0.461 e. The van der Waals surface area contributed by atoms with Crippen molar-refractivity contribution in [1.29, 1.82) is 0 Å². The van der Waals surface area contributed by atoms with Crippen molar-refractivity contribution in [1.82, 2.24) is 20.1 Å². The number of likely N-dealkylation sites (tertiary alicyclic amines) is 1. The van der Waals surface area contributed by atoms with E-state index in [0.717, 1.165) is 22.4 Å². The summed E-state index contributed by atoms with van der Waals surface area (Å²) >= 11 is 1.33. The van der Waals surface area contributed by atoms with Crippen LogP contribution in [0.5, 0.6) is 0 Å². The van der Waals surface area contributed by atoms with Crippen LogP contribution in [0.3, 0.4) is 0 Å². The highest BCUT2D eigenvalue weighted by molar-refractivity contribution is 7.13. The van der Waals surface area contributed by atoms with Crippen LogP contribution < -0.4 is 0 Å². The number of amides is 1. The van der Waals surface area contributed by atoms with Crippen molar-refractivity contribution in [3.05, 3.63) is 82.7 Å². The van der Waals surface area contributed by atoms with Crippen LogP contribution in [0.15, 0.2) is 60.0 Å². The number of carbonyl (C=O) groups excluding carboxylic acids is 2. The van der Waals surface area contributed by atoms with E-state index < -0.39 is 5.97 Å². The minimum absolute atomic E-state index is 0.0832. The molecule has 2 aromatic heterocycles. The van der Waals surface area contributed by atoms with Gasteiger partial charge >= 0.3 is 12.1 Å². The van der Waals surface area contributed by atoms with Crippen LogP contribution in [0.1, 0.15) is 47.4 Å². The molecule has 10 heteroatoms. The molecule has 0 radical (unpaired) electrons. The molecular weight excluding hydrogens is 507 g/mol. The topological polar surface area (TPSA) is 97.4 Å². The fourth-order valence-corrected chi connectivity index (χ4v) is 5.38. The molecule has 0 unspecified atom stereocenters. The standard InChI is InChI=1S/C28H27FN4O4S/c1-2-36-27(34)22-17-38-26(30-22)23-24(19-8-10-21(29)11-9-19)31-32-25(23)20-12-14-33(15-13-20)28(35)37-16-18-6-4-3-5-7-18/h3-11,17,20H,2,12-16H2,1H3,(H,31,32). The van der Waals surface area contributed by atoms with Crippen molar-refractivity contribution in [2.45, 2.75) is 32.3 Å². The van der Waals surface area contributed by atoms with Crippen LogP contribution in [-0.4, -0.2) is 51.8 Å². The van der Waals surface area contributed by atoms with E-state index in [-0.39, 0.29) is 36.7 Å². The smallest absolute Gasteiger partial charge is 0.410 e. The molecule has 5 rings (SSSR count). The Morgan fingerprint density at radius 2 is 1.82 bits per heavy atom. The molecule has 0 saturated carbocycles. The number of nitrogens with zero attached hydrogens (tertiary/aromatic N) is 3. The lowest BCUT2D eigenvalue weighted by atomic mass is 9.90. The molecule has 8 nitrogen and oxygen atoms in total. The molecule has 4 aromatic rings. The van der Waals surface area contributed by atoms with Crippen LogP contribution in [0.25, 0.3) is 21.8 Å². The number of nitrogens with one attached hydrogen (secondary N) is 1. The van der Waals surface area contributed by atoms with Crippen molar-refractivity contribution < 1.29 is 23.5 Å². The van der Waals surface area contributed by atoms with E-state index in [1.165, 1.54) is 23.5 Å². The van der Waals surface area contributed by atoms with Gasteiger partial charge in [0.15, 0.2) is 5.69 Å². The molecule has 0 atom stereocenters. The number of piperidine rings is 1. The maximum atomic E-state index is 13.6. The molecule has 38 heavy (non-hydrogen) atoms. The number of rotatable bonds is 7. The summed E-state index contributed by atoms with van der Waals surface area (Å²) in [6.45, 7) is 3.31. The number of ether oxygens (including phenoxy) is 2.